The molecule has 0 spiro atoms. The number of H-pyrrole nitrogens is 1. The van der Waals surface area contributed by atoms with Crippen LogP contribution in [0.15, 0.2) is 23.0 Å². The maximum atomic E-state index is 11.4. The van der Waals surface area contributed by atoms with Gasteiger partial charge in [-0.15, -0.1) is 0 Å². The molecule has 0 unspecified atom stereocenters. The molecule has 6 nitrogen and oxygen atoms in total. The van der Waals surface area contributed by atoms with Crippen molar-refractivity contribution in [2.45, 2.75) is 0 Å². The number of carboxylic acids is 1. The van der Waals surface area contributed by atoms with Crippen molar-refractivity contribution in [3.8, 4) is 5.75 Å². The van der Waals surface area contributed by atoms with Gasteiger partial charge >= 0.3 is 5.97 Å². The molecular formula is C10H8N2O4. The molecule has 82 valence electrons. The molecule has 0 saturated carbocycles. The smallest absolute Gasteiger partial charge is 0.338 e. The number of nitrogens with one attached hydrogen (secondary N) is 1. The SMILES string of the molecule is Nc1c(C(=O)O)c2cccc(O)c2[nH]c1=O. The van der Waals surface area contributed by atoms with Crippen molar-refractivity contribution < 1.29 is 15.0 Å². The summed E-state index contributed by atoms with van der Waals surface area (Å²) >= 11 is 0. The van der Waals surface area contributed by atoms with E-state index >= 15 is 0 Å². The summed E-state index contributed by atoms with van der Waals surface area (Å²) in [6, 6.07) is 4.28. The molecule has 2 aromatic rings. The number of aromatic hydroxyl groups is 1. The lowest BCUT2D eigenvalue weighted by Crippen LogP contribution is -2.17. The molecule has 5 N–H and O–H groups in total. The van der Waals surface area contributed by atoms with Crippen LogP contribution < -0.4 is 11.3 Å². The molecule has 2 rings (SSSR count). The third kappa shape index (κ3) is 1.28. The minimum atomic E-state index is -1.31. The molecule has 16 heavy (non-hydrogen) atoms. The van der Waals surface area contributed by atoms with Gasteiger partial charge in [0, 0.05) is 5.39 Å². The van der Waals surface area contributed by atoms with E-state index < -0.39 is 11.5 Å². The van der Waals surface area contributed by atoms with Crippen LogP contribution in [0.3, 0.4) is 0 Å². The van der Waals surface area contributed by atoms with Gasteiger partial charge in [-0.1, -0.05) is 12.1 Å². The number of rotatable bonds is 1. The molecule has 0 aliphatic carbocycles. The molecule has 1 aromatic heterocycles. The molecule has 0 aliphatic rings. The molecule has 0 aliphatic heterocycles. The Morgan fingerprint density at radius 1 is 1.38 bits per heavy atom. The summed E-state index contributed by atoms with van der Waals surface area (Å²) in [6.45, 7) is 0. The highest BCUT2D eigenvalue weighted by Crippen LogP contribution is 2.26. The Balaban J connectivity index is 3.07. The highest BCUT2D eigenvalue weighted by Gasteiger charge is 2.17. The van der Waals surface area contributed by atoms with Gasteiger partial charge in [0.2, 0.25) is 0 Å². The van der Waals surface area contributed by atoms with E-state index in [4.69, 9.17) is 10.8 Å². The van der Waals surface area contributed by atoms with E-state index in [9.17, 15) is 14.7 Å². The Kier molecular flexibility index (Phi) is 2.05. The molecule has 0 bridgehead atoms. The van der Waals surface area contributed by atoms with Crippen LogP contribution in [0, 0.1) is 0 Å². The average molecular weight is 220 g/mol. The summed E-state index contributed by atoms with van der Waals surface area (Å²) in [7, 11) is 0. The third-order valence-corrected chi connectivity index (χ3v) is 2.28. The van der Waals surface area contributed by atoms with E-state index in [0.29, 0.717) is 0 Å². The van der Waals surface area contributed by atoms with Gasteiger partial charge in [0.15, 0.2) is 0 Å². The van der Waals surface area contributed by atoms with Crippen LogP contribution in [0.25, 0.3) is 10.9 Å². The first-order valence-electron chi connectivity index (χ1n) is 4.39. The van der Waals surface area contributed by atoms with Crippen molar-refractivity contribution in [2.75, 3.05) is 5.73 Å². The number of fused-ring (bicyclic) bond motifs is 1. The number of pyridine rings is 1. The third-order valence-electron chi connectivity index (χ3n) is 2.28. The van der Waals surface area contributed by atoms with Gasteiger partial charge in [0.05, 0.1) is 11.1 Å². The lowest BCUT2D eigenvalue weighted by atomic mass is 10.1. The van der Waals surface area contributed by atoms with Crippen LogP contribution >= 0.6 is 0 Å². The number of phenolic OH excluding ortho intramolecular Hbond substituents is 1. The summed E-state index contributed by atoms with van der Waals surface area (Å²) in [6.07, 6.45) is 0. The molecule has 0 amide bonds. The van der Waals surface area contributed by atoms with Gasteiger partial charge in [-0.3, -0.25) is 4.79 Å². The first kappa shape index (κ1) is 10.0. The highest BCUT2D eigenvalue weighted by molar-refractivity contribution is 6.07. The first-order valence-corrected chi connectivity index (χ1v) is 4.39. The van der Waals surface area contributed by atoms with Crippen LogP contribution in [-0.2, 0) is 0 Å². The number of nitrogen functional groups attached to an aromatic ring is 1. The monoisotopic (exact) mass is 220 g/mol. The zero-order valence-electron chi connectivity index (χ0n) is 8.02. The summed E-state index contributed by atoms with van der Waals surface area (Å²) < 4.78 is 0. The average Bonchev–Trinajstić information content (AvgIpc) is 2.21. The molecule has 0 fully saturated rings. The Labute approximate surface area is 88.9 Å². The van der Waals surface area contributed by atoms with Crippen molar-refractivity contribution in [3.05, 3.63) is 34.1 Å². The largest absolute Gasteiger partial charge is 0.506 e. The number of benzene rings is 1. The highest BCUT2D eigenvalue weighted by atomic mass is 16.4. The van der Waals surface area contributed by atoms with Gasteiger partial charge in [-0.05, 0) is 6.07 Å². The predicted octanol–water partition coefficient (Wildman–Crippen LogP) is 0.514. The fourth-order valence-electron chi connectivity index (χ4n) is 1.55. The molecule has 0 atom stereocenters. The fraction of sp³-hybridized carbons (Fsp3) is 0. The Morgan fingerprint density at radius 3 is 2.69 bits per heavy atom. The summed E-state index contributed by atoms with van der Waals surface area (Å²) in [5.74, 6) is -1.50. The van der Waals surface area contributed by atoms with Gasteiger partial charge in [0.25, 0.3) is 5.56 Å². The molecule has 1 heterocycles. The number of carbonyl (C=O) groups is 1. The quantitative estimate of drug-likeness (QED) is 0.558. The number of hydrogen-bond acceptors (Lipinski definition) is 4. The van der Waals surface area contributed by atoms with Crippen LogP contribution in [-0.4, -0.2) is 21.2 Å². The number of aromatic carboxylic acids is 1. The zero-order valence-corrected chi connectivity index (χ0v) is 8.02. The van der Waals surface area contributed by atoms with E-state index in [1.165, 1.54) is 18.2 Å². The number of carboxylic acid groups (broad SMARTS) is 1. The van der Waals surface area contributed by atoms with Crippen molar-refractivity contribution in [1.29, 1.82) is 0 Å². The number of para-hydroxylation sites is 1. The maximum absolute atomic E-state index is 11.4. The molecule has 1 aromatic carbocycles. The van der Waals surface area contributed by atoms with Crippen LogP contribution in [0.5, 0.6) is 5.75 Å². The number of aromatic amines is 1. The van der Waals surface area contributed by atoms with E-state index in [-0.39, 0.29) is 27.9 Å². The second-order valence-electron chi connectivity index (χ2n) is 3.25. The van der Waals surface area contributed by atoms with E-state index in [2.05, 4.69) is 4.98 Å². The number of aromatic nitrogens is 1. The van der Waals surface area contributed by atoms with Gasteiger partial charge < -0.3 is 20.9 Å². The van der Waals surface area contributed by atoms with Crippen molar-refractivity contribution >= 4 is 22.6 Å². The van der Waals surface area contributed by atoms with E-state index in [0.717, 1.165) is 0 Å². The van der Waals surface area contributed by atoms with Gasteiger partial charge in [-0.25, -0.2) is 4.79 Å². The molecular weight excluding hydrogens is 212 g/mol. The second-order valence-corrected chi connectivity index (χ2v) is 3.25. The summed E-state index contributed by atoms with van der Waals surface area (Å²) in [5, 5.41) is 18.7. The minimum Gasteiger partial charge on any atom is -0.506 e. The first-order chi connectivity index (χ1) is 7.52. The number of phenols is 1. The predicted molar refractivity (Wildman–Crippen MR) is 57.6 cm³/mol. The lowest BCUT2D eigenvalue weighted by Gasteiger charge is -2.06. The fourth-order valence-corrected chi connectivity index (χ4v) is 1.55. The van der Waals surface area contributed by atoms with Crippen molar-refractivity contribution in [3.63, 3.8) is 0 Å². The molecule has 0 saturated heterocycles. The minimum absolute atomic E-state index is 0.0686. The topological polar surface area (TPSA) is 116 Å². The van der Waals surface area contributed by atoms with Gasteiger partial charge in [0.1, 0.15) is 11.4 Å². The normalized spacial score (nSPS) is 10.5. The number of nitrogens with two attached hydrogens (primary N) is 1. The zero-order chi connectivity index (χ0) is 11.9. The lowest BCUT2D eigenvalue weighted by molar-refractivity contribution is 0.0700. The maximum Gasteiger partial charge on any atom is 0.338 e. The van der Waals surface area contributed by atoms with Gasteiger partial charge in [-0.2, -0.15) is 0 Å². The second kappa shape index (κ2) is 3.27. The molecule has 0 radical (unpaired) electrons. The Bertz CT molecular complexity index is 645. The Hall–Kier alpha value is -2.50. The van der Waals surface area contributed by atoms with Crippen molar-refractivity contribution in [2.24, 2.45) is 0 Å². The number of anilines is 1. The van der Waals surface area contributed by atoms with Crippen LogP contribution in [0.4, 0.5) is 5.69 Å². The standard InChI is InChI=1S/C10H8N2O4/c11-7-6(10(15)16)4-2-1-3-5(13)8(4)12-9(7)14/h1-3,13H,11H2,(H,12,14)(H,15,16). The van der Waals surface area contributed by atoms with Crippen LogP contribution in [0.2, 0.25) is 0 Å². The number of hydrogen-bond donors (Lipinski definition) is 4. The summed E-state index contributed by atoms with van der Waals surface area (Å²) in [5.41, 5.74) is 4.07. The molecule has 6 heteroatoms. The van der Waals surface area contributed by atoms with Crippen molar-refractivity contribution in [1.82, 2.24) is 4.98 Å². The van der Waals surface area contributed by atoms with Crippen LogP contribution in [0.1, 0.15) is 10.4 Å². The van der Waals surface area contributed by atoms with E-state index in [1.807, 2.05) is 0 Å². The summed E-state index contributed by atoms with van der Waals surface area (Å²) in [4.78, 5) is 24.7. The van der Waals surface area contributed by atoms with E-state index in [1.54, 1.807) is 0 Å². The Morgan fingerprint density at radius 2 is 2.06 bits per heavy atom.